The van der Waals surface area contributed by atoms with Crippen LogP contribution < -0.4 is 4.74 Å². The number of benzene rings is 2. The first-order chi connectivity index (χ1) is 13.2. The van der Waals surface area contributed by atoms with Crippen LogP contribution in [0, 0.1) is 15.3 Å². The topological polar surface area (TPSA) is 91.3 Å². The monoisotopic (exact) mass is 379 g/mol. The molecule has 0 aliphatic carbocycles. The lowest BCUT2D eigenvalue weighted by Gasteiger charge is -2.19. The van der Waals surface area contributed by atoms with E-state index in [4.69, 9.17) is 9.72 Å². The summed E-state index contributed by atoms with van der Waals surface area (Å²) in [5.74, 6) is 0.693. The van der Waals surface area contributed by atoms with Crippen molar-refractivity contribution in [2.75, 3.05) is 7.11 Å². The van der Waals surface area contributed by atoms with Crippen molar-refractivity contribution in [2.45, 2.75) is 26.3 Å². The number of ether oxygens (including phenoxy) is 1. The van der Waals surface area contributed by atoms with Gasteiger partial charge in [0.15, 0.2) is 11.8 Å². The van der Waals surface area contributed by atoms with Gasteiger partial charge in [0.05, 0.1) is 28.8 Å². The van der Waals surface area contributed by atoms with Gasteiger partial charge in [-0.2, -0.15) is 0 Å². The van der Waals surface area contributed by atoms with Crippen molar-refractivity contribution in [1.29, 1.82) is 0 Å². The fourth-order valence-electron chi connectivity index (χ4n) is 2.69. The van der Waals surface area contributed by atoms with Crippen molar-refractivity contribution in [3.8, 4) is 17.0 Å². The first-order valence-electron chi connectivity index (χ1n) is 8.74. The number of aromatic nitrogens is 1. The quantitative estimate of drug-likeness (QED) is 0.218. The van der Waals surface area contributed by atoms with Crippen LogP contribution in [0.25, 0.3) is 22.2 Å². The maximum Gasteiger partial charge on any atom is 0.269 e. The summed E-state index contributed by atoms with van der Waals surface area (Å²) in [7, 11) is 1.59. The Kier molecular flexibility index (Phi) is 5.00. The summed E-state index contributed by atoms with van der Waals surface area (Å²) in [6.07, 6.45) is 1.50. The van der Waals surface area contributed by atoms with E-state index in [0.29, 0.717) is 22.6 Å². The Bertz CT molecular complexity index is 1070. The largest absolute Gasteiger partial charge is 0.623 e. The van der Waals surface area contributed by atoms with Crippen molar-refractivity contribution in [1.82, 2.24) is 4.98 Å². The summed E-state index contributed by atoms with van der Waals surface area (Å²) in [6.45, 7) is 5.46. The fraction of sp³-hybridized carbons (Fsp3) is 0.238. The number of hydrogen-bond donors (Lipinski definition) is 0. The number of hydrogen-bond acceptors (Lipinski definition) is 5. The molecule has 0 unspecified atom stereocenters. The fourth-order valence-corrected chi connectivity index (χ4v) is 2.69. The second kappa shape index (κ2) is 7.26. The number of fused-ring (bicyclic) bond motifs is 1. The number of nitro groups is 1. The summed E-state index contributed by atoms with van der Waals surface area (Å²) >= 11 is 0. The molecule has 0 N–H and O–H groups in total. The molecule has 3 rings (SSSR count). The molecular weight excluding hydrogens is 358 g/mol. The van der Waals surface area contributed by atoms with Crippen LogP contribution in [-0.4, -0.2) is 33.5 Å². The molecule has 0 saturated carbocycles. The minimum atomic E-state index is -0.615. The maximum absolute atomic E-state index is 12.5. The summed E-state index contributed by atoms with van der Waals surface area (Å²) < 4.78 is 6.15. The zero-order valence-electron chi connectivity index (χ0n) is 16.2. The minimum Gasteiger partial charge on any atom is -0.623 e. The molecule has 0 aliphatic heterocycles. The van der Waals surface area contributed by atoms with Gasteiger partial charge in [0.25, 0.3) is 5.69 Å². The summed E-state index contributed by atoms with van der Waals surface area (Å²) in [5, 5.41) is 24.3. The lowest BCUT2D eigenvalue weighted by molar-refractivity contribution is -0.530. The van der Waals surface area contributed by atoms with Crippen molar-refractivity contribution in [3.63, 3.8) is 0 Å². The molecule has 0 amide bonds. The van der Waals surface area contributed by atoms with Crippen LogP contribution in [0.5, 0.6) is 5.75 Å². The van der Waals surface area contributed by atoms with Gasteiger partial charge in [-0.25, -0.2) is 9.72 Å². The van der Waals surface area contributed by atoms with E-state index in [1.165, 1.54) is 18.3 Å². The Labute approximate surface area is 162 Å². The molecule has 0 atom stereocenters. The minimum absolute atomic E-state index is 0.0000481. The van der Waals surface area contributed by atoms with Gasteiger partial charge in [-0.05, 0) is 36.4 Å². The second-order valence-corrected chi connectivity index (χ2v) is 7.41. The molecule has 28 heavy (non-hydrogen) atoms. The van der Waals surface area contributed by atoms with Crippen LogP contribution in [0.3, 0.4) is 0 Å². The van der Waals surface area contributed by atoms with E-state index < -0.39 is 10.5 Å². The van der Waals surface area contributed by atoms with Gasteiger partial charge in [-0.3, -0.25) is 10.1 Å². The third-order valence-electron chi connectivity index (χ3n) is 4.32. The number of nitro benzene ring substituents is 1. The Morgan fingerprint density at radius 3 is 2.29 bits per heavy atom. The molecule has 1 heterocycles. The average Bonchev–Trinajstić information content (AvgIpc) is 2.66. The first kappa shape index (κ1) is 19.3. The molecule has 7 nitrogen and oxygen atoms in total. The van der Waals surface area contributed by atoms with Gasteiger partial charge in [0.1, 0.15) is 5.75 Å². The van der Waals surface area contributed by atoms with Gasteiger partial charge in [0, 0.05) is 43.9 Å². The lowest BCUT2D eigenvalue weighted by Crippen LogP contribution is -2.29. The molecular formula is C21H21N3O4. The van der Waals surface area contributed by atoms with Gasteiger partial charge in [0.2, 0.25) is 0 Å². The van der Waals surface area contributed by atoms with E-state index in [0.717, 1.165) is 15.6 Å². The molecule has 0 saturated heterocycles. The van der Waals surface area contributed by atoms with Gasteiger partial charge in [-0.1, -0.05) is 0 Å². The Morgan fingerprint density at radius 1 is 1.04 bits per heavy atom. The van der Waals surface area contributed by atoms with E-state index in [2.05, 4.69) is 0 Å². The van der Waals surface area contributed by atoms with Crippen LogP contribution in [0.15, 0.2) is 48.5 Å². The smallest absolute Gasteiger partial charge is 0.269 e. The highest BCUT2D eigenvalue weighted by Gasteiger charge is 2.20. The molecule has 0 fully saturated rings. The van der Waals surface area contributed by atoms with E-state index in [1.807, 2.05) is 45.0 Å². The molecule has 2 aromatic carbocycles. The normalized spacial score (nSPS) is 12.2. The zero-order chi connectivity index (χ0) is 20.5. The van der Waals surface area contributed by atoms with Gasteiger partial charge >= 0.3 is 0 Å². The van der Waals surface area contributed by atoms with Crippen LogP contribution in [0.2, 0.25) is 0 Å². The van der Waals surface area contributed by atoms with Crippen LogP contribution >= 0.6 is 0 Å². The third kappa shape index (κ3) is 3.93. The number of nitrogens with zero attached hydrogens (tertiary/aromatic N) is 3. The molecule has 1 aromatic heterocycles. The van der Waals surface area contributed by atoms with Crippen molar-refractivity contribution < 1.29 is 14.4 Å². The van der Waals surface area contributed by atoms with Crippen LogP contribution in [-0.2, 0) is 0 Å². The third-order valence-corrected chi connectivity index (χ3v) is 4.32. The average molecular weight is 379 g/mol. The summed E-state index contributed by atoms with van der Waals surface area (Å²) in [6, 6.07) is 13.5. The predicted molar refractivity (Wildman–Crippen MR) is 109 cm³/mol. The molecule has 0 radical (unpaired) electrons. The number of methoxy groups -OCH3 is 1. The first-order valence-corrected chi connectivity index (χ1v) is 8.74. The number of pyridine rings is 1. The van der Waals surface area contributed by atoms with Crippen LogP contribution in [0.1, 0.15) is 26.3 Å². The van der Waals surface area contributed by atoms with Crippen LogP contribution in [0.4, 0.5) is 5.69 Å². The van der Waals surface area contributed by atoms with E-state index in [9.17, 15) is 15.3 Å². The molecule has 0 bridgehead atoms. The van der Waals surface area contributed by atoms with Crippen molar-refractivity contribution >= 4 is 22.8 Å². The Balaban J connectivity index is 2.23. The second-order valence-electron chi connectivity index (χ2n) is 7.41. The number of non-ortho nitro benzene ring substituents is 1. The van der Waals surface area contributed by atoms with Gasteiger partial charge in [-0.15, -0.1) is 0 Å². The van der Waals surface area contributed by atoms with E-state index in [1.54, 1.807) is 19.2 Å². The lowest BCUT2D eigenvalue weighted by atomic mass is 10.0. The molecule has 0 aliphatic rings. The maximum atomic E-state index is 12.5. The van der Waals surface area contributed by atoms with Crippen molar-refractivity contribution in [2.24, 2.45) is 0 Å². The standard InChI is InChI=1S/C21H21N3O4/c1-21(2,3)23(25)13-16-11-15-12-18(28-4)9-10-19(15)22-20(16)14-5-7-17(8-6-14)24(26)27/h5-13H,1-4H3/b23-13-. The SMILES string of the molecule is COc1ccc2nc(-c3ccc([N+](=O)[O-])cc3)c(/C=[N+](\[O-])C(C)(C)C)cc2c1. The molecule has 144 valence electrons. The molecule has 3 aromatic rings. The number of rotatable bonds is 4. The summed E-state index contributed by atoms with van der Waals surface area (Å²) in [4.78, 5) is 15.2. The predicted octanol–water partition coefficient (Wildman–Crippen LogP) is 4.55. The number of hydroxylamine groups is 1. The van der Waals surface area contributed by atoms with Crippen molar-refractivity contribution in [3.05, 3.63) is 69.4 Å². The van der Waals surface area contributed by atoms with Gasteiger partial charge < -0.3 is 9.94 Å². The zero-order valence-corrected chi connectivity index (χ0v) is 16.2. The highest BCUT2D eigenvalue weighted by atomic mass is 16.6. The highest BCUT2D eigenvalue weighted by Crippen LogP contribution is 2.28. The highest BCUT2D eigenvalue weighted by molar-refractivity contribution is 5.94. The Morgan fingerprint density at radius 2 is 1.71 bits per heavy atom. The molecule has 7 heteroatoms. The summed E-state index contributed by atoms with van der Waals surface area (Å²) in [5.41, 5.74) is 2.02. The van der Waals surface area contributed by atoms with E-state index >= 15 is 0 Å². The molecule has 0 spiro atoms. The Hall–Kier alpha value is -3.48. The van der Waals surface area contributed by atoms with E-state index in [-0.39, 0.29) is 5.69 Å².